The number of aryl methyl sites for hydroxylation is 2. The molecule has 58 heavy (non-hydrogen) atoms. The largest absolute Gasteiger partial charge is 0.493 e. The van der Waals surface area contributed by atoms with Crippen molar-refractivity contribution in [2.75, 3.05) is 11.5 Å². The van der Waals surface area contributed by atoms with Crippen LogP contribution < -0.4 is 9.64 Å². The number of anilines is 3. The van der Waals surface area contributed by atoms with Crippen LogP contribution in [-0.4, -0.2) is 11.7 Å². The van der Waals surface area contributed by atoms with Gasteiger partial charge in [0.05, 0.1) is 13.2 Å². The summed E-state index contributed by atoms with van der Waals surface area (Å²) < 4.78 is 6.52. The fourth-order valence-corrected chi connectivity index (χ4v) is 7.07. The lowest BCUT2D eigenvalue weighted by molar-refractivity contribution is 0.273. The van der Waals surface area contributed by atoms with Crippen molar-refractivity contribution in [2.24, 2.45) is 11.8 Å². The van der Waals surface area contributed by atoms with Gasteiger partial charge in [-0.05, 0) is 125 Å². The molecule has 6 rings (SSSR count). The Morgan fingerprint density at radius 2 is 1.03 bits per heavy atom. The van der Waals surface area contributed by atoms with E-state index in [1.54, 1.807) is 0 Å². The first kappa shape index (κ1) is 41.7. The second-order valence-corrected chi connectivity index (χ2v) is 15.9. The minimum absolute atomic E-state index is 0.0658. The zero-order valence-electron chi connectivity index (χ0n) is 34.9. The summed E-state index contributed by atoms with van der Waals surface area (Å²) in [4.78, 5) is 2.31. The van der Waals surface area contributed by atoms with Crippen LogP contribution in [0.25, 0.3) is 36.5 Å². The molecule has 0 heterocycles. The summed E-state index contributed by atoms with van der Waals surface area (Å²) >= 11 is 0. The minimum Gasteiger partial charge on any atom is -0.493 e. The van der Waals surface area contributed by atoms with Crippen molar-refractivity contribution in [2.45, 2.75) is 66.9 Å². The Morgan fingerprint density at radius 1 is 0.517 bits per heavy atom. The van der Waals surface area contributed by atoms with Gasteiger partial charge in [-0.3, -0.25) is 0 Å². The summed E-state index contributed by atoms with van der Waals surface area (Å²) in [5.74, 6) is 2.18. The molecule has 6 aromatic rings. The van der Waals surface area contributed by atoms with Gasteiger partial charge in [-0.1, -0.05) is 167 Å². The summed E-state index contributed by atoms with van der Waals surface area (Å²) in [6.07, 6.45) is 17.5. The van der Waals surface area contributed by atoms with E-state index in [2.05, 4.69) is 191 Å². The lowest BCUT2D eigenvalue weighted by atomic mass is 9.97. The Bertz CT molecular complexity index is 2270. The Balaban J connectivity index is 1.24. The molecule has 1 unspecified atom stereocenters. The van der Waals surface area contributed by atoms with Gasteiger partial charge in [0.25, 0.3) is 0 Å². The maximum absolute atomic E-state index is 10.5. The molecule has 296 valence electrons. The van der Waals surface area contributed by atoms with Crippen LogP contribution in [0.15, 0.2) is 140 Å². The molecule has 0 spiro atoms. The average Bonchev–Trinajstić information content (AvgIpc) is 3.24. The van der Waals surface area contributed by atoms with Crippen LogP contribution in [0.5, 0.6) is 5.75 Å². The van der Waals surface area contributed by atoms with Gasteiger partial charge in [-0.2, -0.15) is 0 Å². The number of benzene rings is 6. The molecular weight excluding hydrogens is 707 g/mol. The summed E-state index contributed by atoms with van der Waals surface area (Å²) in [5, 5.41) is 10.5. The zero-order valence-corrected chi connectivity index (χ0v) is 34.9. The molecule has 0 bridgehead atoms. The van der Waals surface area contributed by atoms with Crippen LogP contribution in [0.1, 0.15) is 96.5 Å². The normalized spacial score (nSPS) is 12.3. The first-order chi connectivity index (χ1) is 28.2. The van der Waals surface area contributed by atoms with Crippen molar-refractivity contribution in [3.8, 4) is 5.75 Å². The highest BCUT2D eigenvalue weighted by molar-refractivity contribution is 5.81. The van der Waals surface area contributed by atoms with E-state index in [0.29, 0.717) is 12.5 Å². The molecule has 0 aliphatic rings. The highest BCUT2D eigenvalue weighted by atomic mass is 16.5. The molecule has 0 fully saturated rings. The van der Waals surface area contributed by atoms with Gasteiger partial charge >= 0.3 is 0 Å². The third-order valence-electron chi connectivity index (χ3n) is 10.8. The predicted octanol–water partition coefficient (Wildman–Crippen LogP) is 15.0. The van der Waals surface area contributed by atoms with Gasteiger partial charge < -0.3 is 14.7 Å². The van der Waals surface area contributed by atoms with Crippen LogP contribution in [0.2, 0.25) is 0 Å². The van der Waals surface area contributed by atoms with Crippen molar-refractivity contribution >= 4 is 53.5 Å². The molecule has 1 atom stereocenters. The highest BCUT2D eigenvalue weighted by Crippen LogP contribution is 2.36. The summed E-state index contributed by atoms with van der Waals surface area (Å²) in [7, 11) is 0. The van der Waals surface area contributed by atoms with E-state index in [1.807, 2.05) is 24.3 Å². The monoisotopic (exact) mass is 765 g/mol. The van der Waals surface area contributed by atoms with Gasteiger partial charge in [-0.15, -0.1) is 0 Å². The smallest absolute Gasteiger partial charge is 0.127 e. The number of hydrogen-bond acceptors (Lipinski definition) is 3. The van der Waals surface area contributed by atoms with Crippen LogP contribution in [0, 0.1) is 25.7 Å². The molecule has 0 amide bonds. The summed E-state index contributed by atoms with van der Waals surface area (Å²) in [6, 6.07) is 48.9. The Kier molecular flexibility index (Phi) is 15.1. The molecule has 0 aliphatic carbocycles. The second kappa shape index (κ2) is 21.0. The number of rotatable bonds is 18. The number of aliphatic hydroxyl groups is 1. The molecule has 1 N–H and O–H groups in total. The lowest BCUT2D eigenvalue weighted by Crippen LogP contribution is -2.10. The van der Waals surface area contributed by atoms with Crippen molar-refractivity contribution in [1.82, 2.24) is 0 Å². The van der Waals surface area contributed by atoms with Gasteiger partial charge in [-0.25, -0.2) is 0 Å². The van der Waals surface area contributed by atoms with E-state index >= 15 is 0 Å². The molecule has 0 aliphatic heterocycles. The van der Waals surface area contributed by atoms with Crippen molar-refractivity contribution in [3.63, 3.8) is 0 Å². The van der Waals surface area contributed by atoms with E-state index in [1.165, 1.54) is 36.0 Å². The van der Waals surface area contributed by atoms with Crippen LogP contribution in [0.3, 0.4) is 0 Å². The standard InChI is InChI=1S/C55H59NO2/c1-41(2)13-12-14-42(3)35-36-58-55-39-49(51(40-57)38-50(55)29-23-46-17-10-7-11-18-46)28-22-48-26-33-53(34-27-48)56(54-30-19-43(4)44(5)37-54)52-31-24-47(25-32-52)21-20-45-15-8-6-9-16-45/h6-11,15-34,37-39,41-42,57H,12-14,35-36,40H2,1-5H3/b21-20+,28-22+,29-23+. The van der Waals surface area contributed by atoms with E-state index < -0.39 is 0 Å². The quantitative estimate of drug-likeness (QED) is 0.0885. The SMILES string of the molecule is Cc1ccc(N(c2ccc(/C=C/c3ccccc3)cc2)c2ccc(/C=C/c3cc(OCCC(C)CCCC(C)C)c(/C=C/c4ccccc4)cc3CO)cc2)cc1C. The molecule has 3 heteroatoms. The Labute approximate surface area is 347 Å². The van der Waals surface area contributed by atoms with E-state index in [0.717, 1.165) is 68.5 Å². The topological polar surface area (TPSA) is 32.7 Å². The maximum atomic E-state index is 10.5. The van der Waals surface area contributed by atoms with Gasteiger partial charge in [0.2, 0.25) is 0 Å². The van der Waals surface area contributed by atoms with Gasteiger partial charge in [0.1, 0.15) is 5.75 Å². The lowest BCUT2D eigenvalue weighted by Gasteiger charge is -2.26. The predicted molar refractivity (Wildman–Crippen MR) is 251 cm³/mol. The third-order valence-corrected chi connectivity index (χ3v) is 10.8. The van der Waals surface area contributed by atoms with Crippen LogP contribution >= 0.6 is 0 Å². The molecule has 0 radical (unpaired) electrons. The van der Waals surface area contributed by atoms with Gasteiger partial charge in [0.15, 0.2) is 0 Å². The second-order valence-electron chi connectivity index (χ2n) is 15.9. The molecular formula is C55H59NO2. The number of ether oxygens (including phenoxy) is 1. The van der Waals surface area contributed by atoms with E-state index in [4.69, 9.17) is 4.74 Å². The highest BCUT2D eigenvalue weighted by Gasteiger charge is 2.14. The third kappa shape index (κ3) is 12.1. The van der Waals surface area contributed by atoms with Crippen LogP contribution in [-0.2, 0) is 6.61 Å². The molecule has 0 saturated carbocycles. The van der Waals surface area contributed by atoms with Crippen LogP contribution in [0.4, 0.5) is 17.1 Å². The fourth-order valence-electron chi connectivity index (χ4n) is 7.07. The summed E-state index contributed by atoms with van der Waals surface area (Å²) in [5.41, 5.74) is 13.1. The number of hydrogen-bond donors (Lipinski definition) is 1. The molecule has 6 aromatic carbocycles. The maximum Gasteiger partial charge on any atom is 0.127 e. The first-order valence-corrected chi connectivity index (χ1v) is 20.9. The zero-order chi connectivity index (χ0) is 40.7. The summed E-state index contributed by atoms with van der Waals surface area (Å²) in [6.45, 7) is 11.8. The fraction of sp³-hybridized carbons (Fsp3) is 0.236. The van der Waals surface area contributed by atoms with Gasteiger partial charge in [0, 0.05) is 22.6 Å². The van der Waals surface area contributed by atoms with Crippen molar-refractivity contribution in [1.29, 1.82) is 0 Å². The van der Waals surface area contributed by atoms with Crippen molar-refractivity contribution < 1.29 is 9.84 Å². The van der Waals surface area contributed by atoms with E-state index in [-0.39, 0.29) is 6.61 Å². The average molecular weight is 766 g/mol. The minimum atomic E-state index is -0.0658. The molecule has 0 aromatic heterocycles. The van der Waals surface area contributed by atoms with Crippen molar-refractivity contribution in [3.05, 3.63) is 190 Å². The Morgan fingerprint density at radius 3 is 1.57 bits per heavy atom. The molecule has 0 saturated heterocycles. The molecule has 3 nitrogen and oxygen atoms in total. The van der Waals surface area contributed by atoms with E-state index in [9.17, 15) is 5.11 Å². The Hall–Kier alpha value is -5.90. The first-order valence-electron chi connectivity index (χ1n) is 20.9. The number of nitrogens with zero attached hydrogens (tertiary/aromatic N) is 1. The number of aliphatic hydroxyl groups excluding tert-OH is 1.